The zero-order valence-corrected chi connectivity index (χ0v) is 10.8. The molecule has 0 saturated carbocycles. The molecule has 2 atom stereocenters. The third kappa shape index (κ3) is 4.22. The van der Waals surface area contributed by atoms with Gasteiger partial charge in [0, 0.05) is 0 Å². The largest absolute Gasteiger partial charge is 0.0888 e. The lowest BCUT2D eigenvalue weighted by Gasteiger charge is -2.19. The molecule has 0 saturated heterocycles. The SMILES string of the molecule is CC/C=C/CCC(C)C(C)c1ccccc1. The molecule has 0 amide bonds. The Kier molecular flexibility index (Phi) is 5.92. The summed E-state index contributed by atoms with van der Waals surface area (Å²) in [6.45, 7) is 6.88. The molecule has 2 unspecified atom stereocenters. The Balaban J connectivity index is 2.42. The average molecular weight is 216 g/mol. The van der Waals surface area contributed by atoms with Crippen molar-refractivity contribution < 1.29 is 0 Å². The highest BCUT2D eigenvalue weighted by molar-refractivity contribution is 5.19. The van der Waals surface area contributed by atoms with Crippen LogP contribution in [0.2, 0.25) is 0 Å². The highest BCUT2D eigenvalue weighted by Gasteiger charge is 2.12. The molecule has 1 aromatic rings. The quantitative estimate of drug-likeness (QED) is 0.575. The number of rotatable bonds is 6. The van der Waals surface area contributed by atoms with Crippen LogP contribution in [-0.4, -0.2) is 0 Å². The van der Waals surface area contributed by atoms with Crippen molar-refractivity contribution in [1.82, 2.24) is 0 Å². The highest BCUT2D eigenvalue weighted by atomic mass is 14.2. The molecule has 0 aliphatic heterocycles. The van der Waals surface area contributed by atoms with E-state index in [0.717, 1.165) is 12.3 Å². The van der Waals surface area contributed by atoms with Crippen molar-refractivity contribution in [3.8, 4) is 0 Å². The molecular formula is C16H24. The van der Waals surface area contributed by atoms with Crippen LogP contribution in [0.15, 0.2) is 42.5 Å². The van der Waals surface area contributed by atoms with Gasteiger partial charge in [0.1, 0.15) is 0 Å². The monoisotopic (exact) mass is 216 g/mol. The Bertz CT molecular complexity index is 297. The maximum atomic E-state index is 2.36. The molecule has 0 aliphatic carbocycles. The minimum Gasteiger partial charge on any atom is -0.0888 e. The van der Waals surface area contributed by atoms with Crippen LogP contribution in [0.1, 0.15) is 51.5 Å². The average Bonchev–Trinajstić information content (AvgIpc) is 2.34. The number of hydrogen-bond acceptors (Lipinski definition) is 0. The Morgan fingerprint density at radius 3 is 2.38 bits per heavy atom. The molecule has 0 bridgehead atoms. The van der Waals surface area contributed by atoms with E-state index >= 15 is 0 Å². The van der Waals surface area contributed by atoms with Gasteiger partial charge in [-0.1, -0.05) is 63.3 Å². The van der Waals surface area contributed by atoms with Crippen molar-refractivity contribution >= 4 is 0 Å². The summed E-state index contributed by atoms with van der Waals surface area (Å²) in [5, 5.41) is 0. The van der Waals surface area contributed by atoms with Gasteiger partial charge in [0.05, 0.1) is 0 Å². The number of benzene rings is 1. The van der Waals surface area contributed by atoms with Gasteiger partial charge in [0.2, 0.25) is 0 Å². The maximum absolute atomic E-state index is 2.36. The first-order chi connectivity index (χ1) is 7.75. The molecule has 0 fully saturated rings. The van der Waals surface area contributed by atoms with Crippen LogP contribution in [-0.2, 0) is 0 Å². The van der Waals surface area contributed by atoms with Gasteiger partial charge in [-0.3, -0.25) is 0 Å². The Hall–Kier alpha value is -1.04. The smallest absolute Gasteiger partial charge is 0.0165 e. The van der Waals surface area contributed by atoms with Crippen LogP contribution in [0.4, 0.5) is 0 Å². The molecule has 0 spiro atoms. The van der Waals surface area contributed by atoms with Gasteiger partial charge in [-0.05, 0) is 36.7 Å². The summed E-state index contributed by atoms with van der Waals surface area (Å²) in [7, 11) is 0. The van der Waals surface area contributed by atoms with Gasteiger partial charge in [-0.15, -0.1) is 0 Å². The van der Waals surface area contributed by atoms with E-state index in [9.17, 15) is 0 Å². The fraction of sp³-hybridized carbons (Fsp3) is 0.500. The van der Waals surface area contributed by atoms with Crippen molar-refractivity contribution in [2.24, 2.45) is 5.92 Å². The first-order valence-electron chi connectivity index (χ1n) is 6.45. The van der Waals surface area contributed by atoms with Crippen molar-refractivity contribution in [1.29, 1.82) is 0 Å². The van der Waals surface area contributed by atoms with Gasteiger partial charge >= 0.3 is 0 Å². The summed E-state index contributed by atoms with van der Waals surface area (Å²) in [6.07, 6.45) is 8.23. The van der Waals surface area contributed by atoms with E-state index in [1.807, 2.05) is 0 Å². The Morgan fingerprint density at radius 1 is 1.06 bits per heavy atom. The van der Waals surface area contributed by atoms with Crippen LogP contribution in [0.25, 0.3) is 0 Å². The topological polar surface area (TPSA) is 0 Å². The van der Waals surface area contributed by atoms with E-state index in [4.69, 9.17) is 0 Å². The first kappa shape index (κ1) is 13.0. The molecule has 1 rings (SSSR count). The van der Waals surface area contributed by atoms with E-state index in [-0.39, 0.29) is 0 Å². The molecule has 0 N–H and O–H groups in total. The first-order valence-corrected chi connectivity index (χ1v) is 6.45. The molecule has 0 heterocycles. The molecule has 0 aliphatic rings. The van der Waals surface area contributed by atoms with Gasteiger partial charge in [0.25, 0.3) is 0 Å². The molecule has 0 radical (unpaired) electrons. The van der Waals surface area contributed by atoms with E-state index in [2.05, 4.69) is 63.3 Å². The van der Waals surface area contributed by atoms with Crippen LogP contribution >= 0.6 is 0 Å². The van der Waals surface area contributed by atoms with Crippen molar-refractivity contribution in [2.45, 2.75) is 46.0 Å². The molecule has 0 heteroatoms. The van der Waals surface area contributed by atoms with Crippen LogP contribution in [0.5, 0.6) is 0 Å². The van der Waals surface area contributed by atoms with Gasteiger partial charge in [-0.2, -0.15) is 0 Å². The van der Waals surface area contributed by atoms with Crippen LogP contribution < -0.4 is 0 Å². The molecule has 88 valence electrons. The lowest BCUT2D eigenvalue weighted by Crippen LogP contribution is -2.05. The Labute approximate surface area is 100 Å². The second-order valence-electron chi connectivity index (χ2n) is 4.63. The molecule has 1 aromatic carbocycles. The minimum absolute atomic E-state index is 0.663. The molecule has 0 aromatic heterocycles. The van der Waals surface area contributed by atoms with E-state index in [1.165, 1.54) is 18.4 Å². The number of allylic oxidation sites excluding steroid dienone is 2. The Morgan fingerprint density at radius 2 is 1.75 bits per heavy atom. The second-order valence-corrected chi connectivity index (χ2v) is 4.63. The lowest BCUT2D eigenvalue weighted by atomic mass is 9.86. The predicted molar refractivity (Wildman–Crippen MR) is 72.7 cm³/mol. The van der Waals surface area contributed by atoms with Gasteiger partial charge in [-0.25, -0.2) is 0 Å². The van der Waals surface area contributed by atoms with Gasteiger partial charge < -0.3 is 0 Å². The molecular weight excluding hydrogens is 192 g/mol. The summed E-state index contributed by atoms with van der Waals surface area (Å²) in [5.41, 5.74) is 1.47. The van der Waals surface area contributed by atoms with Crippen LogP contribution in [0.3, 0.4) is 0 Å². The van der Waals surface area contributed by atoms with Crippen LogP contribution in [0, 0.1) is 5.92 Å². The summed E-state index contributed by atoms with van der Waals surface area (Å²) >= 11 is 0. The minimum atomic E-state index is 0.663. The standard InChI is InChI=1S/C16H24/c1-4-5-6-8-11-14(2)15(3)16-12-9-7-10-13-16/h5-7,9-10,12-15H,4,8,11H2,1-3H3/b6-5+. The van der Waals surface area contributed by atoms with Crippen molar-refractivity contribution in [2.75, 3.05) is 0 Å². The van der Waals surface area contributed by atoms with E-state index in [0.29, 0.717) is 5.92 Å². The fourth-order valence-corrected chi connectivity index (χ4v) is 1.98. The third-order valence-electron chi connectivity index (χ3n) is 3.37. The summed E-state index contributed by atoms with van der Waals surface area (Å²) in [5.74, 6) is 1.42. The lowest BCUT2D eigenvalue weighted by molar-refractivity contribution is 0.457. The van der Waals surface area contributed by atoms with E-state index < -0.39 is 0 Å². The summed E-state index contributed by atoms with van der Waals surface area (Å²) < 4.78 is 0. The number of hydrogen-bond donors (Lipinski definition) is 0. The van der Waals surface area contributed by atoms with Crippen molar-refractivity contribution in [3.05, 3.63) is 48.0 Å². The zero-order valence-electron chi connectivity index (χ0n) is 10.8. The molecule has 16 heavy (non-hydrogen) atoms. The summed E-state index contributed by atoms with van der Waals surface area (Å²) in [6, 6.07) is 10.8. The fourth-order valence-electron chi connectivity index (χ4n) is 1.98. The normalized spacial score (nSPS) is 15.2. The summed E-state index contributed by atoms with van der Waals surface area (Å²) in [4.78, 5) is 0. The zero-order chi connectivity index (χ0) is 11.8. The third-order valence-corrected chi connectivity index (χ3v) is 3.37. The predicted octanol–water partition coefficient (Wildman–Crippen LogP) is 5.17. The van der Waals surface area contributed by atoms with Crippen molar-refractivity contribution in [3.63, 3.8) is 0 Å². The maximum Gasteiger partial charge on any atom is -0.0165 e. The highest BCUT2D eigenvalue weighted by Crippen LogP contribution is 2.27. The van der Waals surface area contributed by atoms with Gasteiger partial charge in [0.15, 0.2) is 0 Å². The van der Waals surface area contributed by atoms with E-state index in [1.54, 1.807) is 0 Å². The molecule has 0 nitrogen and oxygen atoms in total. The second kappa shape index (κ2) is 7.27.